The van der Waals surface area contributed by atoms with Crippen molar-refractivity contribution in [2.75, 3.05) is 13.2 Å². The molecule has 5 nitrogen and oxygen atoms in total. The van der Waals surface area contributed by atoms with Crippen LogP contribution in [0.15, 0.2) is 6.20 Å². The molecule has 0 spiro atoms. The molecule has 0 aliphatic carbocycles. The summed E-state index contributed by atoms with van der Waals surface area (Å²) in [6.45, 7) is 5.36. The van der Waals surface area contributed by atoms with Gasteiger partial charge in [0, 0.05) is 6.20 Å². The molecule has 1 aliphatic heterocycles. The van der Waals surface area contributed by atoms with Gasteiger partial charge in [-0.25, -0.2) is 14.6 Å². The van der Waals surface area contributed by atoms with Gasteiger partial charge in [-0.1, -0.05) is 0 Å². The number of aryl methyl sites for hydroxylation is 2. The van der Waals surface area contributed by atoms with Crippen molar-refractivity contribution in [1.82, 2.24) is 19.7 Å². The van der Waals surface area contributed by atoms with Crippen LogP contribution in [0.2, 0.25) is 0 Å². The van der Waals surface area contributed by atoms with Crippen molar-refractivity contribution in [1.29, 1.82) is 0 Å². The number of hydrogen-bond donors (Lipinski definition) is 0. The average Bonchev–Trinajstić information content (AvgIpc) is 2.41. The highest BCUT2D eigenvalue weighted by Gasteiger charge is 2.24. The molecular weight excluding hydrogens is 192 g/mol. The third kappa shape index (κ3) is 1.23. The fourth-order valence-electron chi connectivity index (χ4n) is 1.75. The van der Waals surface area contributed by atoms with E-state index in [0.717, 1.165) is 35.8 Å². The maximum absolute atomic E-state index is 5.17. The van der Waals surface area contributed by atoms with Gasteiger partial charge in [0.1, 0.15) is 11.6 Å². The predicted octanol–water partition coefficient (Wildman–Crippen LogP) is 1.01. The molecule has 0 aromatic carbocycles. The van der Waals surface area contributed by atoms with Crippen molar-refractivity contribution in [3.8, 4) is 0 Å². The minimum Gasteiger partial charge on any atom is -0.377 e. The number of fused-ring (bicyclic) bond motifs is 1. The zero-order valence-corrected chi connectivity index (χ0v) is 8.77. The van der Waals surface area contributed by atoms with E-state index in [2.05, 4.69) is 15.1 Å². The van der Waals surface area contributed by atoms with Crippen LogP contribution in [-0.4, -0.2) is 33.0 Å². The summed E-state index contributed by atoms with van der Waals surface area (Å²) in [4.78, 5) is 8.84. The molecule has 3 rings (SSSR count). The Kier molecular flexibility index (Phi) is 1.76. The molecule has 78 valence electrons. The van der Waals surface area contributed by atoms with E-state index >= 15 is 0 Å². The number of ether oxygens (including phenoxy) is 1. The van der Waals surface area contributed by atoms with Crippen molar-refractivity contribution in [2.24, 2.45) is 0 Å². The van der Waals surface area contributed by atoms with Gasteiger partial charge in [0.15, 0.2) is 5.65 Å². The summed E-state index contributed by atoms with van der Waals surface area (Å²) >= 11 is 0. The Balaban J connectivity index is 2.24. The van der Waals surface area contributed by atoms with Gasteiger partial charge < -0.3 is 4.74 Å². The van der Waals surface area contributed by atoms with E-state index < -0.39 is 0 Å². The minimum absolute atomic E-state index is 0.331. The predicted molar refractivity (Wildman–Crippen MR) is 54.7 cm³/mol. The number of rotatable bonds is 1. The van der Waals surface area contributed by atoms with Crippen LogP contribution in [0.1, 0.15) is 17.4 Å². The van der Waals surface area contributed by atoms with Crippen LogP contribution in [0.25, 0.3) is 11.2 Å². The van der Waals surface area contributed by atoms with Crippen LogP contribution in [-0.2, 0) is 4.74 Å². The number of nitrogens with zero attached hydrogens (tertiary/aromatic N) is 4. The molecule has 3 heterocycles. The highest BCUT2D eigenvalue weighted by atomic mass is 16.5. The molecule has 0 saturated carbocycles. The maximum Gasteiger partial charge on any atom is 0.177 e. The fourth-order valence-corrected chi connectivity index (χ4v) is 1.75. The summed E-state index contributed by atoms with van der Waals surface area (Å²) < 4.78 is 7.11. The van der Waals surface area contributed by atoms with Gasteiger partial charge in [0.25, 0.3) is 0 Å². The molecule has 1 fully saturated rings. The standard InChI is InChI=1S/C10H12N4O/c1-6-3-11-9-7(2)13-14(10(9)12-6)8-4-15-5-8/h3,8H,4-5H2,1-2H3. The summed E-state index contributed by atoms with van der Waals surface area (Å²) in [7, 11) is 0. The smallest absolute Gasteiger partial charge is 0.177 e. The first-order valence-corrected chi connectivity index (χ1v) is 5.02. The molecule has 0 radical (unpaired) electrons. The summed E-state index contributed by atoms with van der Waals surface area (Å²) in [5.74, 6) is 0. The Hall–Kier alpha value is -1.49. The van der Waals surface area contributed by atoms with Gasteiger partial charge in [-0.15, -0.1) is 0 Å². The van der Waals surface area contributed by atoms with E-state index in [0.29, 0.717) is 6.04 Å². The third-order valence-electron chi connectivity index (χ3n) is 2.66. The molecule has 0 bridgehead atoms. The van der Waals surface area contributed by atoms with Gasteiger partial charge in [0.2, 0.25) is 0 Å². The van der Waals surface area contributed by atoms with Crippen molar-refractivity contribution >= 4 is 11.2 Å². The monoisotopic (exact) mass is 204 g/mol. The van der Waals surface area contributed by atoms with E-state index in [1.807, 2.05) is 18.5 Å². The van der Waals surface area contributed by atoms with Crippen molar-refractivity contribution in [2.45, 2.75) is 19.9 Å². The molecule has 0 amide bonds. The van der Waals surface area contributed by atoms with Crippen LogP contribution in [0.4, 0.5) is 0 Å². The van der Waals surface area contributed by atoms with Gasteiger partial charge in [-0.3, -0.25) is 0 Å². The molecule has 0 N–H and O–H groups in total. The molecule has 0 unspecified atom stereocenters. The maximum atomic E-state index is 5.17. The third-order valence-corrected chi connectivity index (χ3v) is 2.66. The molecule has 15 heavy (non-hydrogen) atoms. The van der Waals surface area contributed by atoms with Crippen LogP contribution in [0.3, 0.4) is 0 Å². The van der Waals surface area contributed by atoms with Crippen LogP contribution < -0.4 is 0 Å². The molecule has 0 atom stereocenters. The molecular formula is C10H12N4O. The number of aromatic nitrogens is 4. The van der Waals surface area contributed by atoms with Gasteiger partial charge in [0.05, 0.1) is 24.6 Å². The van der Waals surface area contributed by atoms with Gasteiger partial charge >= 0.3 is 0 Å². The largest absolute Gasteiger partial charge is 0.377 e. The number of hydrogen-bond acceptors (Lipinski definition) is 4. The van der Waals surface area contributed by atoms with Crippen molar-refractivity contribution < 1.29 is 4.74 Å². The van der Waals surface area contributed by atoms with E-state index in [-0.39, 0.29) is 0 Å². The summed E-state index contributed by atoms with van der Waals surface area (Å²) in [6, 6.07) is 0.331. The van der Waals surface area contributed by atoms with Gasteiger partial charge in [-0.2, -0.15) is 5.10 Å². The second-order valence-corrected chi connectivity index (χ2v) is 3.90. The highest BCUT2D eigenvalue weighted by molar-refractivity contribution is 5.73. The average molecular weight is 204 g/mol. The van der Waals surface area contributed by atoms with E-state index in [9.17, 15) is 0 Å². The molecule has 2 aromatic heterocycles. The van der Waals surface area contributed by atoms with E-state index in [4.69, 9.17) is 4.74 Å². The molecule has 1 aliphatic rings. The Bertz CT molecular complexity index is 515. The zero-order chi connectivity index (χ0) is 10.4. The lowest BCUT2D eigenvalue weighted by atomic mass is 10.3. The lowest BCUT2D eigenvalue weighted by molar-refractivity contribution is -0.0270. The zero-order valence-electron chi connectivity index (χ0n) is 8.77. The molecule has 2 aromatic rings. The van der Waals surface area contributed by atoms with E-state index in [1.54, 1.807) is 6.20 Å². The van der Waals surface area contributed by atoms with E-state index in [1.165, 1.54) is 0 Å². The quantitative estimate of drug-likeness (QED) is 0.695. The lowest BCUT2D eigenvalue weighted by Crippen LogP contribution is -2.31. The molecule has 5 heteroatoms. The first-order valence-electron chi connectivity index (χ1n) is 5.02. The SMILES string of the molecule is Cc1cnc2c(C)nn(C3COC3)c2n1. The van der Waals surface area contributed by atoms with Crippen molar-refractivity contribution in [3.63, 3.8) is 0 Å². The topological polar surface area (TPSA) is 52.8 Å². The highest BCUT2D eigenvalue weighted by Crippen LogP contribution is 2.22. The summed E-state index contributed by atoms with van der Waals surface area (Å²) in [5.41, 5.74) is 3.63. The normalized spacial score (nSPS) is 16.9. The molecule has 1 saturated heterocycles. The minimum atomic E-state index is 0.331. The fraction of sp³-hybridized carbons (Fsp3) is 0.500. The van der Waals surface area contributed by atoms with Crippen LogP contribution >= 0.6 is 0 Å². The summed E-state index contributed by atoms with van der Waals surface area (Å²) in [5, 5.41) is 4.46. The van der Waals surface area contributed by atoms with Crippen molar-refractivity contribution in [3.05, 3.63) is 17.6 Å². The van der Waals surface area contributed by atoms with Crippen LogP contribution in [0.5, 0.6) is 0 Å². The first-order chi connectivity index (χ1) is 7.25. The second-order valence-electron chi connectivity index (χ2n) is 3.90. The Labute approximate surface area is 87.1 Å². The van der Waals surface area contributed by atoms with Gasteiger partial charge in [-0.05, 0) is 13.8 Å². The first kappa shape index (κ1) is 8.79. The Morgan fingerprint density at radius 3 is 2.87 bits per heavy atom. The Morgan fingerprint density at radius 2 is 2.20 bits per heavy atom. The second kappa shape index (κ2) is 3.00. The summed E-state index contributed by atoms with van der Waals surface area (Å²) in [6.07, 6.45) is 1.78. The Morgan fingerprint density at radius 1 is 1.40 bits per heavy atom. The lowest BCUT2D eigenvalue weighted by Gasteiger charge is -2.26. The van der Waals surface area contributed by atoms with Crippen LogP contribution in [0, 0.1) is 13.8 Å².